The van der Waals surface area contributed by atoms with Crippen molar-refractivity contribution in [1.29, 1.82) is 0 Å². The first-order valence-corrected chi connectivity index (χ1v) is 4.46. The summed E-state index contributed by atoms with van der Waals surface area (Å²) in [4.78, 5) is 0. The van der Waals surface area contributed by atoms with Gasteiger partial charge in [0.2, 0.25) is 5.91 Å². The molecule has 0 rings (SSSR count). The minimum Gasteiger partial charge on any atom is -0.354 e. The van der Waals surface area contributed by atoms with E-state index in [1.807, 2.05) is 0 Å². The molecule has 6 nitrogen and oxygen atoms in total. The van der Waals surface area contributed by atoms with Crippen LogP contribution in [0.5, 0.6) is 0 Å². The second-order valence-electron chi connectivity index (χ2n) is 2.23. The van der Waals surface area contributed by atoms with Crippen LogP contribution in [0.15, 0.2) is 0 Å². The first kappa shape index (κ1) is 10.8. The Bertz CT molecular complexity index is 203. The van der Waals surface area contributed by atoms with Crippen molar-refractivity contribution in [2.24, 2.45) is 0 Å². The predicted octanol–water partition coefficient (Wildman–Crippen LogP) is -1.88. The van der Waals surface area contributed by atoms with Gasteiger partial charge < -0.3 is 10.2 Å². The van der Waals surface area contributed by atoms with Crippen LogP contribution in [-0.4, -0.2) is 41.4 Å². The molecule has 68 valence electrons. The van der Waals surface area contributed by atoms with Crippen molar-refractivity contribution in [3.63, 3.8) is 0 Å². The fraction of sp³-hybridized carbons (Fsp3) is 1.00. The summed E-state index contributed by atoms with van der Waals surface area (Å²) in [5, 5.41) is 19.2. The van der Waals surface area contributed by atoms with Crippen LogP contribution < -0.4 is 5.32 Å². The van der Waals surface area contributed by atoms with Crippen LogP contribution >= 0.6 is 0 Å². The van der Waals surface area contributed by atoms with Crippen molar-refractivity contribution in [2.45, 2.75) is 12.8 Å². The number of nitrogens with one attached hydrogen (secondary N) is 1. The summed E-state index contributed by atoms with van der Waals surface area (Å²) in [6.45, 7) is 0.819. The Hall–Kier alpha value is -0.210. The second kappa shape index (κ2) is 3.46. The van der Waals surface area contributed by atoms with E-state index in [0.29, 0.717) is 0 Å². The first-order chi connectivity index (χ1) is 4.71. The molecule has 0 atom stereocenters. The summed E-state index contributed by atoms with van der Waals surface area (Å²) in [6, 6.07) is 0. The SMILES string of the molecule is CC(O)(O)NCCS(=O)(=O)O. The normalized spacial score (nSPS) is 13.5. The van der Waals surface area contributed by atoms with Crippen LogP contribution in [0.3, 0.4) is 0 Å². The number of rotatable bonds is 4. The lowest BCUT2D eigenvalue weighted by molar-refractivity contribution is -0.168. The molecule has 0 unspecified atom stereocenters. The Morgan fingerprint density at radius 2 is 1.91 bits per heavy atom. The fourth-order valence-corrected chi connectivity index (χ4v) is 0.777. The summed E-state index contributed by atoms with van der Waals surface area (Å²) in [5.41, 5.74) is 0. The molecule has 0 aromatic rings. The number of hydrogen-bond donors (Lipinski definition) is 4. The molecule has 0 saturated carbocycles. The zero-order valence-electron chi connectivity index (χ0n) is 5.98. The topological polar surface area (TPSA) is 107 Å². The molecule has 0 bridgehead atoms. The van der Waals surface area contributed by atoms with Crippen molar-refractivity contribution < 1.29 is 23.2 Å². The van der Waals surface area contributed by atoms with Crippen molar-refractivity contribution in [3.8, 4) is 0 Å². The molecule has 0 radical (unpaired) electrons. The summed E-state index contributed by atoms with van der Waals surface area (Å²) in [7, 11) is -4.03. The van der Waals surface area contributed by atoms with Gasteiger partial charge in [-0.1, -0.05) is 0 Å². The molecule has 4 N–H and O–H groups in total. The van der Waals surface area contributed by atoms with Gasteiger partial charge in [0.05, 0.1) is 5.75 Å². The van der Waals surface area contributed by atoms with Gasteiger partial charge in [-0.15, -0.1) is 0 Å². The largest absolute Gasteiger partial charge is 0.354 e. The minimum absolute atomic E-state index is 0.220. The standard InChI is InChI=1S/C4H11NO5S/c1-4(6,7)5-2-3-11(8,9)10/h5-7H,2-3H2,1H3,(H,8,9,10). The van der Waals surface area contributed by atoms with Crippen molar-refractivity contribution >= 4 is 10.1 Å². The van der Waals surface area contributed by atoms with E-state index >= 15 is 0 Å². The molecule has 0 aromatic carbocycles. The molecule has 0 aliphatic rings. The molecule has 0 heterocycles. The highest BCUT2D eigenvalue weighted by molar-refractivity contribution is 7.85. The third-order valence-electron chi connectivity index (χ3n) is 0.820. The molecular weight excluding hydrogens is 174 g/mol. The van der Waals surface area contributed by atoms with Crippen molar-refractivity contribution in [3.05, 3.63) is 0 Å². The van der Waals surface area contributed by atoms with E-state index in [-0.39, 0.29) is 6.54 Å². The Morgan fingerprint density at radius 1 is 1.45 bits per heavy atom. The summed E-state index contributed by atoms with van der Waals surface area (Å²) in [6.07, 6.45) is 0. The van der Waals surface area contributed by atoms with Crippen molar-refractivity contribution in [2.75, 3.05) is 12.3 Å². The highest BCUT2D eigenvalue weighted by atomic mass is 32.2. The van der Waals surface area contributed by atoms with E-state index in [9.17, 15) is 8.42 Å². The van der Waals surface area contributed by atoms with Crippen molar-refractivity contribution in [1.82, 2.24) is 5.32 Å². The third-order valence-corrected chi connectivity index (χ3v) is 1.54. The molecule has 0 aromatic heterocycles. The maximum atomic E-state index is 10.1. The lowest BCUT2D eigenvalue weighted by Crippen LogP contribution is -2.43. The molecule has 7 heteroatoms. The van der Waals surface area contributed by atoms with Crippen LogP contribution in [0.2, 0.25) is 0 Å². The monoisotopic (exact) mass is 185 g/mol. The molecule has 0 saturated heterocycles. The molecule has 0 aliphatic carbocycles. The molecular formula is C4H11NO5S. The summed E-state index contributed by atoms with van der Waals surface area (Å²) in [5.74, 6) is -2.66. The smallest absolute Gasteiger partial charge is 0.266 e. The van der Waals surface area contributed by atoms with Gasteiger partial charge in [0.25, 0.3) is 10.1 Å². The number of aliphatic hydroxyl groups is 2. The van der Waals surface area contributed by atoms with Gasteiger partial charge in [-0.25, -0.2) is 0 Å². The average Bonchev–Trinajstić information content (AvgIpc) is 1.55. The van der Waals surface area contributed by atoms with Gasteiger partial charge in [-0.3, -0.25) is 9.87 Å². The lowest BCUT2D eigenvalue weighted by Gasteiger charge is -2.16. The quantitative estimate of drug-likeness (QED) is 0.302. The summed E-state index contributed by atoms with van der Waals surface area (Å²) >= 11 is 0. The van der Waals surface area contributed by atoms with Gasteiger partial charge in [0.1, 0.15) is 0 Å². The van der Waals surface area contributed by atoms with E-state index in [0.717, 1.165) is 6.92 Å². The van der Waals surface area contributed by atoms with E-state index < -0.39 is 21.8 Å². The maximum absolute atomic E-state index is 10.1. The van der Waals surface area contributed by atoms with Crippen LogP contribution in [0, 0.1) is 0 Å². The highest BCUT2D eigenvalue weighted by Crippen LogP contribution is 1.89. The van der Waals surface area contributed by atoms with E-state index in [1.54, 1.807) is 0 Å². The molecule has 11 heavy (non-hydrogen) atoms. The average molecular weight is 185 g/mol. The third kappa shape index (κ3) is 9.79. The van der Waals surface area contributed by atoms with E-state index in [2.05, 4.69) is 5.32 Å². The Kier molecular flexibility index (Phi) is 3.39. The fourth-order valence-electron chi connectivity index (χ4n) is 0.417. The summed E-state index contributed by atoms with van der Waals surface area (Å²) < 4.78 is 28.3. The van der Waals surface area contributed by atoms with Gasteiger partial charge in [-0.2, -0.15) is 8.42 Å². The first-order valence-electron chi connectivity index (χ1n) is 2.86. The molecule has 0 amide bonds. The zero-order valence-corrected chi connectivity index (χ0v) is 6.80. The minimum atomic E-state index is -4.03. The predicted molar refractivity (Wildman–Crippen MR) is 37.3 cm³/mol. The molecule has 0 spiro atoms. The highest BCUT2D eigenvalue weighted by Gasteiger charge is 2.14. The maximum Gasteiger partial charge on any atom is 0.266 e. The van der Waals surface area contributed by atoms with E-state index in [1.165, 1.54) is 0 Å². The molecule has 0 fully saturated rings. The number of hydrogen-bond acceptors (Lipinski definition) is 5. The van der Waals surface area contributed by atoms with Gasteiger partial charge in [0.15, 0.2) is 0 Å². The Morgan fingerprint density at radius 3 is 2.18 bits per heavy atom. The van der Waals surface area contributed by atoms with Crippen LogP contribution in [-0.2, 0) is 10.1 Å². The van der Waals surface area contributed by atoms with Gasteiger partial charge in [0, 0.05) is 13.5 Å². The zero-order chi connectivity index (χ0) is 9.12. The van der Waals surface area contributed by atoms with Crippen LogP contribution in [0.25, 0.3) is 0 Å². The van der Waals surface area contributed by atoms with Gasteiger partial charge in [-0.05, 0) is 0 Å². The van der Waals surface area contributed by atoms with Crippen LogP contribution in [0.1, 0.15) is 6.92 Å². The van der Waals surface area contributed by atoms with E-state index in [4.69, 9.17) is 14.8 Å². The second-order valence-corrected chi connectivity index (χ2v) is 3.81. The van der Waals surface area contributed by atoms with Crippen LogP contribution in [0.4, 0.5) is 0 Å². The lowest BCUT2D eigenvalue weighted by atomic mass is 10.5. The Labute approximate surface area is 64.6 Å². The van der Waals surface area contributed by atoms with Gasteiger partial charge >= 0.3 is 0 Å². The molecule has 0 aliphatic heterocycles. The Balaban J connectivity index is 3.61.